The molecule has 7 heteroatoms. The second kappa shape index (κ2) is 7.10. The van der Waals surface area contributed by atoms with Gasteiger partial charge in [0.25, 0.3) is 0 Å². The predicted octanol–water partition coefficient (Wildman–Crippen LogP) is 1.44. The molecule has 1 fully saturated rings. The lowest BCUT2D eigenvalue weighted by molar-refractivity contribution is -0.144. The molecule has 0 radical (unpaired) electrons. The number of H-pyrrole nitrogens is 1. The molecule has 2 amide bonds. The van der Waals surface area contributed by atoms with Gasteiger partial charge < -0.3 is 20.3 Å². The lowest BCUT2D eigenvalue weighted by Crippen LogP contribution is -2.42. The topological polar surface area (TPSA) is 98.3 Å². The molecule has 0 bridgehead atoms. The molecule has 2 rings (SSSR count). The minimum atomic E-state index is -0.752. The number of carboxylic acid groups (broad SMARTS) is 1. The fourth-order valence-electron chi connectivity index (χ4n) is 2.81. The minimum Gasteiger partial charge on any atom is -0.481 e. The number of urea groups is 1. The number of hydrogen-bond acceptors (Lipinski definition) is 3. The maximum atomic E-state index is 12.0. The van der Waals surface area contributed by atoms with Crippen molar-refractivity contribution in [2.24, 2.45) is 11.8 Å². The van der Waals surface area contributed by atoms with Gasteiger partial charge in [-0.2, -0.15) is 0 Å². The summed E-state index contributed by atoms with van der Waals surface area (Å²) in [6.45, 7) is 0.810. The third kappa shape index (κ3) is 4.21. The van der Waals surface area contributed by atoms with Crippen molar-refractivity contribution >= 4 is 12.0 Å². The summed E-state index contributed by atoms with van der Waals surface area (Å²) in [5, 5.41) is 12.1. The first-order chi connectivity index (χ1) is 10.1. The van der Waals surface area contributed by atoms with Gasteiger partial charge in [-0.1, -0.05) is 12.8 Å². The van der Waals surface area contributed by atoms with E-state index in [4.69, 9.17) is 0 Å². The number of aromatic nitrogens is 2. The van der Waals surface area contributed by atoms with Crippen LogP contribution in [0.15, 0.2) is 12.4 Å². The summed E-state index contributed by atoms with van der Waals surface area (Å²) in [6, 6.07) is -0.207. The zero-order valence-electron chi connectivity index (χ0n) is 12.2. The van der Waals surface area contributed by atoms with Gasteiger partial charge in [-0.3, -0.25) is 4.79 Å². The maximum Gasteiger partial charge on any atom is 0.317 e. The van der Waals surface area contributed by atoms with E-state index in [2.05, 4.69) is 15.3 Å². The molecule has 21 heavy (non-hydrogen) atoms. The first-order valence-corrected chi connectivity index (χ1v) is 7.28. The largest absolute Gasteiger partial charge is 0.481 e. The molecule has 1 heterocycles. The quantitative estimate of drug-likeness (QED) is 0.765. The highest BCUT2D eigenvalue weighted by Gasteiger charge is 2.31. The number of carbonyl (C=O) groups is 2. The molecule has 116 valence electrons. The Bertz CT molecular complexity index is 475. The Morgan fingerprint density at radius 1 is 1.48 bits per heavy atom. The van der Waals surface area contributed by atoms with E-state index in [-0.39, 0.29) is 17.9 Å². The van der Waals surface area contributed by atoms with Crippen LogP contribution in [0.1, 0.15) is 31.5 Å². The zero-order valence-corrected chi connectivity index (χ0v) is 12.2. The van der Waals surface area contributed by atoms with Gasteiger partial charge in [0, 0.05) is 26.0 Å². The Labute approximate surface area is 123 Å². The first-order valence-electron chi connectivity index (χ1n) is 7.28. The second-order valence-corrected chi connectivity index (χ2v) is 5.57. The first kappa shape index (κ1) is 15.3. The summed E-state index contributed by atoms with van der Waals surface area (Å²) in [4.78, 5) is 31.8. The average Bonchev–Trinajstić information content (AvgIpc) is 2.97. The van der Waals surface area contributed by atoms with Gasteiger partial charge in [-0.25, -0.2) is 9.78 Å². The molecule has 1 saturated carbocycles. The number of hydrogen-bond donors (Lipinski definition) is 3. The molecule has 0 aliphatic heterocycles. The number of aliphatic carboxylic acids is 1. The number of carboxylic acids is 1. The molecular formula is C14H22N4O3. The van der Waals surface area contributed by atoms with E-state index in [0.717, 1.165) is 19.3 Å². The van der Waals surface area contributed by atoms with Crippen LogP contribution in [0.25, 0.3) is 0 Å². The van der Waals surface area contributed by atoms with Gasteiger partial charge in [0.15, 0.2) is 0 Å². The summed E-state index contributed by atoms with van der Waals surface area (Å²) in [5.41, 5.74) is 0. The smallest absolute Gasteiger partial charge is 0.317 e. The summed E-state index contributed by atoms with van der Waals surface area (Å²) in [7, 11) is 1.69. The lowest BCUT2D eigenvalue weighted by atomic mass is 9.79. The molecule has 1 aromatic rings. The van der Waals surface area contributed by atoms with Gasteiger partial charge in [0.1, 0.15) is 5.82 Å². The van der Waals surface area contributed by atoms with Crippen molar-refractivity contribution < 1.29 is 14.7 Å². The van der Waals surface area contributed by atoms with E-state index < -0.39 is 5.97 Å². The van der Waals surface area contributed by atoms with Gasteiger partial charge in [-0.15, -0.1) is 0 Å². The Hall–Kier alpha value is -2.05. The maximum absolute atomic E-state index is 12.0. The fraction of sp³-hybridized carbons (Fsp3) is 0.643. The molecule has 2 atom stereocenters. The highest BCUT2D eigenvalue weighted by Crippen LogP contribution is 2.29. The predicted molar refractivity (Wildman–Crippen MR) is 76.5 cm³/mol. The highest BCUT2D eigenvalue weighted by molar-refractivity contribution is 5.74. The highest BCUT2D eigenvalue weighted by atomic mass is 16.4. The van der Waals surface area contributed by atoms with Crippen molar-refractivity contribution in [2.75, 3.05) is 13.6 Å². The van der Waals surface area contributed by atoms with Crippen molar-refractivity contribution in [3.8, 4) is 0 Å². The van der Waals surface area contributed by atoms with Gasteiger partial charge in [0.2, 0.25) is 0 Å². The summed E-state index contributed by atoms with van der Waals surface area (Å²) in [6.07, 6.45) is 6.91. The molecule has 1 aromatic heterocycles. The molecule has 7 nitrogen and oxygen atoms in total. The van der Waals surface area contributed by atoms with Gasteiger partial charge >= 0.3 is 12.0 Å². The zero-order chi connectivity index (χ0) is 15.2. The Morgan fingerprint density at radius 3 is 2.90 bits per heavy atom. The van der Waals surface area contributed by atoms with Gasteiger partial charge in [0.05, 0.1) is 12.5 Å². The van der Waals surface area contributed by atoms with Crippen LogP contribution >= 0.6 is 0 Å². The van der Waals surface area contributed by atoms with E-state index in [9.17, 15) is 14.7 Å². The summed E-state index contributed by atoms with van der Waals surface area (Å²) in [5.74, 6) is -0.349. The SMILES string of the molecule is CN(Cc1ncc[nH]1)C(=O)NCC1CCCCC1C(=O)O. The Kier molecular flexibility index (Phi) is 5.19. The monoisotopic (exact) mass is 294 g/mol. The molecule has 1 aliphatic carbocycles. The molecule has 2 unspecified atom stereocenters. The molecule has 1 aliphatic rings. The number of nitrogens with one attached hydrogen (secondary N) is 2. The molecule has 0 spiro atoms. The Balaban J connectivity index is 1.80. The number of rotatable bonds is 5. The number of imidazole rings is 1. The van der Waals surface area contributed by atoms with Crippen molar-refractivity contribution in [1.82, 2.24) is 20.2 Å². The van der Waals surface area contributed by atoms with E-state index in [1.54, 1.807) is 19.4 Å². The van der Waals surface area contributed by atoms with Crippen LogP contribution < -0.4 is 5.32 Å². The lowest BCUT2D eigenvalue weighted by Gasteiger charge is -2.29. The van der Waals surface area contributed by atoms with E-state index in [1.807, 2.05) is 0 Å². The minimum absolute atomic E-state index is 0.0252. The van der Waals surface area contributed by atoms with Crippen LogP contribution in [0.2, 0.25) is 0 Å². The third-order valence-electron chi connectivity index (χ3n) is 4.03. The molecular weight excluding hydrogens is 272 g/mol. The fourth-order valence-corrected chi connectivity index (χ4v) is 2.81. The van der Waals surface area contributed by atoms with Gasteiger partial charge in [-0.05, 0) is 18.8 Å². The number of amides is 2. The van der Waals surface area contributed by atoms with E-state index in [1.165, 1.54) is 4.90 Å². The van der Waals surface area contributed by atoms with E-state index >= 15 is 0 Å². The summed E-state index contributed by atoms with van der Waals surface area (Å²) >= 11 is 0. The standard InChI is InChI=1S/C14H22N4O3/c1-18(9-12-15-6-7-16-12)14(21)17-8-10-4-2-3-5-11(10)13(19)20/h6-7,10-11H,2-5,8-9H2,1H3,(H,15,16)(H,17,21)(H,19,20). The normalized spacial score (nSPS) is 21.8. The van der Waals surface area contributed by atoms with Crippen LogP contribution in [0.3, 0.4) is 0 Å². The number of aromatic amines is 1. The second-order valence-electron chi connectivity index (χ2n) is 5.57. The van der Waals surface area contributed by atoms with E-state index in [0.29, 0.717) is 25.3 Å². The van der Waals surface area contributed by atoms with Crippen molar-refractivity contribution in [1.29, 1.82) is 0 Å². The third-order valence-corrected chi connectivity index (χ3v) is 4.03. The average molecular weight is 294 g/mol. The van der Waals surface area contributed by atoms with Crippen LogP contribution in [0.4, 0.5) is 4.79 Å². The Morgan fingerprint density at radius 2 is 2.24 bits per heavy atom. The van der Waals surface area contributed by atoms with Crippen molar-refractivity contribution in [3.63, 3.8) is 0 Å². The van der Waals surface area contributed by atoms with Crippen LogP contribution in [-0.2, 0) is 11.3 Å². The number of nitrogens with zero attached hydrogens (tertiary/aromatic N) is 2. The van der Waals surface area contributed by atoms with Crippen LogP contribution in [-0.4, -0.2) is 45.6 Å². The molecule has 0 aromatic carbocycles. The molecule has 3 N–H and O–H groups in total. The van der Waals surface area contributed by atoms with Crippen LogP contribution in [0.5, 0.6) is 0 Å². The van der Waals surface area contributed by atoms with Crippen molar-refractivity contribution in [2.45, 2.75) is 32.2 Å². The van der Waals surface area contributed by atoms with Crippen LogP contribution in [0, 0.1) is 11.8 Å². The summed E-state index contributed by atoms with van der Waals surface area (Å²) < 4.78 is 0. The molecule has 0 saturated heterocycles. The van der Waals surface area contributed by atoms with Crippen molar-refractivity contribution in [3.05, 3.63) is 18.2 Å². The number of carbonyl (C=O) groups excluding carboxylic acids is 1.